The average molecular weight is 213 g/mol. The normalized spacial score (nSPS) is 9.75. The molecular weight excluding hydrogens is 202 g/mol. The number of pyridine rings is 1. The summed E-state index contributed by atoms with van der Waals surface area (Å²) in [4.78, 5) is 14.1. The number of hydrogen-bond acceptors (Lipinski definition) is 3. The van der Waals surface area contributed by atoms with Gasteiger partial charge in [0.25, 0.3) is 6.47 Å². The van der Waals surface area contributed by atoms with Crippen LogP contribution in [0, 0.1) is 0 Å². The monoisotopic (exact) mass is 213 g/mol. The highest BCUT2D eigenvalue weighted by molar-refractivity contribution is 5.63. The van der Waals surface area contributed by atoms with Crippen LogP contribution in [0.3, 0.4) is 0 Å². The molecule has 2 rings (SSSR count). The zero-order valence-electron chi connectivity index (χ0n) is 8.67. The van der Waals surface area contributed by atoms with Crippen LogP contribution in [0.1, 0.15) is 5.56 Å². The summed E-state index contributed by atoms with van der Waals surface area (Å²) >= 11 is 0. The van der Waals surface area contributed by atoms with E-state index < -0.39 is 0 Å². The molecule has 1 aromatic carbocycles. The Labute approximate surface area is 93.7 Å². The zero-order valence-corrected chi connectivity index (χ0v) is 8.67. The molecule has 2 aromatic rings. The molecule has 0 bridgehead atoms. The van der Waals surface area contributed by atoms with Gasteiger partial charge in [-0.15, -0.1) is 0 Å². The molecule has 0 aliphatic heterocycles. The smallest absolute Gasteiger partial charge is 0.293 e. The lowest BCUT2D eigenvalue weighted by Crippen LogP contribution is -1.90. The van der Waals surface area contributed by atoms with Crippen molar-refractivity contribution in [2.75, 3.05) is 0 Å². The van der Waals surface area contributed by atoms with Crippen LogP contribution in [-0.4, -0.2) is 11.5 Å². The molecule has 0 N–H and O–H groups in total. The van der Waals surface area contributed by atoms with Crippen molar-refractivity contribution in [1.82, 2.24) is 4.98 Å². The van der Waals surface area contributed by atoms with Crippen molar-refractivity contribution in [3.63, 3.8) is 0 Å². The van der Waals surface area contributed by atoms with E-state index in [0.29, 0.717) is 13.1 Å². The maximum atomic E-state index is 10.1. The predicted molar refractivity (Wildman–Crippen MR) is 60.5 cm³/mol. The minimum atomic E-state index is 0.308. The first-order valence-electron chi connectivity index (χ1n) is 4.95. The van der Waals surface area contributed by atoms with E-state index >= 15 is 0 Å². The van der Waals surface area contributed by atoms with Crippen molar-refractivity contribution in [2.45, 2.75) is 6.61 Å². The van der Waals surface area contributed by atoms with Gasteiger partial charge in [0.05, 0.1) is 0 Å². The second kappa shape index (κ2) is 5.07. The van der Waals surface area contributed by atoms with Crippen LogP contribution in [-0.2, 0) is 16.1 Å². The molecule has 0 spiro atoms. The third-order valence-electron chi connectivity index (χ3n) is 2.26. The molecule has 0 saturated heterocycles. The fraction of sp³-hybridized carbons (Fsp3) is 0.0769. The van der Waals surface area contributed by atoms with Gasteiger partial charge in [-0.25, -0.2) is 0 Å². The summed E-state index contributed by atoms with van der Waals surface area (Å²) in [5.74, 6) is 0. The topological polar surface area (TPSA) is 39.2 Å². The van der Waals surface area contributed by atoms with Gasteiger partial charge >= 0.3 is 0 Å². The van der Waals surface area contributed by atoms with Crippen LogP contribution < -0.4 is 0 Å². The first-order valence-corrected chi connectivity index (χ1v) is 4.95. The minimum Gasteiger partial charge on any atom is -0.463 e. The Morgan fingerprint density at radius 2 is 1.94 bits per heavy atom. The van der Waals surface area contributed by atoms with Gasteiger partial charge in [-0.05, 0) is 34.9 Å². The van der Waals surface area contributed by atoms with Crippen LogP contribution in [0.5, 0.6) is 0 Å². The van der Waals surface area contributed by atoms with Gasteiger partial charge in [0.2, 0.25) is 0 Å². The SMILES string of the molecule is O=COCc1cccc(-c2ccncc2)c1. The molecule has 0 fully saturated rings. The van der Waals surface area contributed by atoms with E-state index in [-0.39, 0.29) is 0 Å². The van der Waals surface area contributed by atoms with Crippen molar-refractivity contribution in [2.24, 2.45) is 0 Å². The van der Waals surface area contributed by atoms with Gasteiger partial charge in [-0.2, -0.15) is 0 Å². The Hall–Kier alpha value is -2.16. The molecule has 3 heteroatoms. The van der Waals surface area contributed by atoms with E-state index in [1.165, 1.54) is 0 Å². The number of aromatic nitrogens is 1. The molecule has 0 aliphatic carbocycles. The quantitative estimate of drug-likeness (QED) is 0.732. The molecule has 0 unspecified atom stereocenters. The first-order chi connectivity index (χ1) is 7.90. The number of ether oxygens (including phenoxy) is 1. The van der Waals surface area contributed by atoms with Crippen LogP contribution in [0.2, 0.25) is 0 Å². The summed E-state index contributed by atoms with van der Waals surface area (Å²) in [5, 5.41) is 0. The molecule has 1 aromatic heterocycles. The minimum absolute atomic E-state index is 0.308. The molecule has 3 nitrogen and oxygen atoms in total. The van der Waals surface area contributed by atoms with Crippen LogP contribution >= 0.6 is 0 Å². The maximum absolute atomic E-state index is 10.1. The van der Waals surface area contributed by atoms with Gasteiger partial charge in [-0.1, -0.05) is 18.2 Å². The largest absolute Gasteiger partial charge is 0.463 e. The van der Waals surface area contributed by atoms with Gasteiger partial charge in [0, 0.05) is 12.4 Å². The average Bonchev–Trinajstić information content (AvgIpc) is 2.38. The van der Waals surface area contributed by atoms with E-state index in [1.807, 2.05) is 36.4 Å². The summed E-state index contributed by atoms with van der Waals surface area (Å²) in [6.45, 7) is 0.765. The third kappa shape index (κ3) is 2.45. The first kappa shape index (κ1) is 10.4. The van der Waals surface area contributed by atoms with Crippen molar-refractivity contribution in [1.29, 1.82) is 0 Å². The summed E-state index contributed by atoms with van der Waals surface area (Å²) in [6, 6.07) is 11.8. The summed E-state index contributed by atoms with van der Waals surface area (Å²) in [6.07, 6.45) is 3.51. The molecule has 0 aliphatic rings. The second-order valence-electron chi connectivity index (χ2n) is 3.34. The highest BCUT2D eigenvalue weighted by atomic mass is 16.5. The number of hydrogen-bond donors (Lipinski definition) is 0. The fourth-order valence-corrected chi connectivity index (χ4v) is 1.52. The summed E-state index contributed by atoms with van der Waals surface area (Å²) in [5.41, 5.74) is 3.17. The molecule has 16 heavy (non-hydrogen) atoms. The van der Waals surface area contributed by atoms with E-state index in [0.717, 1.165) is 16.7 Å². The Morgan fingerprint density at radius 1 is 1.12 bits per heavy atom. The summed E-state index contributed by atoms with van der Waals surface area (Å²) in [7, 11) is 0. The van der Waals surface area contributed by atoms with Crippen molar-refractivity contribution in [3.8, 4) is 11.1 Å². The number of nitrogens with zero attached hydrogens (tertiary/aromatic N) is 1. The van der Waals surface area contributed by atoms with Crippen LogP contribution in [0.25, 0.3) is 11.1 Å². The highest BCUT2D eigenvalue weighted by Crippen LogP contribution is 2.19. The lowest BCUT2D eigenvalue weighted by atomic mass is 10.0. The van der Waals surface area contributed by atoms with Crippen molar-refractivity contribution < 1.29 is 9.53 Å². The molecule has 0 amide bonds. The molecular formula is C13H11NO2. The Kier molecular flexibility index (Phi) is 3.28. The van der Waals surface area contributed by atoms with E-state index in [4.69, 9.17) is 4.74 Å². The van der Waals surface area contributed by atoms with E-state index in [2.05, 4.69) is 4.98 Å². The Bertz CT molecular complexity index is 468. The number of benzene rings is 1. The molecule has 0 radical (unpaired) electrons. The highest BCUT2D eigenvalue weighted by Gasteiger charge is 1.98. The second-order valence-corrected chi connectivity index (χ2v) is 3.34. The van der Waals surface area contributed by atoms with Gasteiger partial charge < -0.3 is 4.74 Å². The van der Waals surface area contributed by atoms with Gasteiger partial charge in [-0.3, -0.25) is 9.78 Å². The summed E-state index contributed by atoms with van der Waals surface area (Å²) < 4.78 is 4.72. The third-order valence-corrected chi connectivity index (χ3v) is 2.26. The molecule has 80 valence electrons. The van der Waals surface area contributed by atoms with Crippen molar-refractivity contribution in [3.05, 3.63) is 54.4 Å². The molecule has 0 atom stereocenters. The zero-order chi connectivity index (χ0) is 11.2. The van der Waals surface area contributed by atoms with Crippen LogP contribution in [0.15, 0.2) is 48.8 Å². The Balaban J connectivity index is 2.25. The Morgan fingerprint density at radius 3 is 2.69 bits per heavy atom. The predicted octanol–water partition coefficient (Wildman–Crippen LogP) is 2.42. The molecule has 0 saturated carbocycles. The number of carbonyl (C=O) groups excluding carboxylic acids is 1. The molecule has 1 heterocycles. The van der Waals surface area contributed by atoms with Crippen LogP contribution in [0.4, 0.5) is 0 Å². The van der Waals surface area contributed by atoms with Gasteiger partial charge in [0.15, 0.2) is 0 Å². The maximum Gasteiger partial charge on any atom is 0.293 e. The lowest BCUT2D eigenvalue weighted by molar-refractivity contribution is -0.129. The van der Waals surface area contributed by atoms with E-state index in [9.17, 15) is 4.79 Å². The fourth-order valence-electron chi connectivity index (χ4n) is 1.52. The van der Waals surface area contributed by atoms with E-state index in [1.54, 1.807) is 12.4 Å². The van der Waals surface area contributed by atoms with Gasteiger partial charge in [0.1, 0.15) is 6.61 Å². The number of rotatable bonds is 4. The lowest BCUT2D eigenvalue weighted by Gasteiger charge is -2.04. The standard InChI is InChI=1S/C13H11NO2/c15-10-16-9-11-2-1-3-13(8-11)12-4-6-14-7-5-12/h1-8,10H,9H2. The number of carbonyl (C=O) groups is 1. The van der Waals surface area contributed by atoms with Crippen molar-refractivity contribution >= 4 is 6.47 Å².